The smallest absolute Gasteiger partial charge is 0.228 e. The fourth-order valence-electron chi connectivity index (χ4n) is 2.73. The van der Waals surface area contributed by atoms with Gasteiger partial charge in [0.2, 0.25) is 51.5 Å². The van der Waals surface area contributed by atoms with Gasteiger partial charge in [0.05, 0.1) is 0 Å². The number of rotatable bonds is 12. The van der Waals surface area contributed by atoms with Crippen LogP contribution < -0.4 is 31.9 Å². The third kappa shape index (κ3) is 16.2. The van der Waals surface area contributed by atoms with Gasteiger partial charge in [-0.15, -0.1) is 0 Å². The standard InChI is InChI=1S/C9H16ClN5.C8H14ClN5.C7H12ClN5/c1-5(2)11-8-13-7(10)14-9(15-8)12-6(3)4;1-4-10-7-12-6(9)13-8(14-7)11-5(2)3;1-3-9-6-11-5(8)12-7(13-6)10-4-2/h5-6H,1-4H3,(H2,11,12,13,14,15);5H,4H2,1-3H3,(H2,10,11,12,13,14);3-4H2,1-2H3,(H2,9,10,11,12,13). The molecule has 0 aliphatic carbocycles. The van der Waals surface area contributed by atoms with Gasteiger partial charge < -0.3 is 31.9 Å². The Kier molecular flexibility index (Phi) is 17.3. The van der Waals surface area contributed by atoms with E-state index in [1.807, 2.05) is 62.3 Å². The van der Waals surface area contributed by atoms with E-state index in [4.69, 9.17) is 34.8 Å². The fourth-order valence-corrected chi connectivity index (χ4v) is 3.21. The van der Waals surface area contributed by atoms with Crippen molar-refractivity contribution in [2.45, 2.75) is 80.4 Å². The van der Waals surface area contributed by atoms with Gasteiger partial charge in [-0.2, -0.15) is 44.9 Å². The minimum absolute atomic E-state index is 0.191. The lowest BCUT2D eigenvalue weighted by atomic mass is 10.4. The Bertz CT molecular complexity index is 1150. The van der Waals surface area contributed by atoms with Gasteiger partial charge in [-0.3, -0.25) is 0 Å². The number of halogens is 3. The second kappa shape index (κ2) is 19.8. The van der Waals surface area contributed by atoms with Gasteiger partial charge in [0.15, 0.2) is 0 Å². The second-order valence-electron chi connectivity index (χ2n) is 9.24. The van der Waals surface area contributed by atoms with Crippen LogP contribution in [0.1, 0.15) is 62.3 Å². The number of hydrogen-bond acceptors (Lipinski definition) is 15. The first-order valence-corrected chi connectivity index (χ1v) is 14.7. The van der Waals surface area contributed by atoms with E-state index in [-0.39, 0.29) is 34.0 Å². The van der Waals surface area contributed by atoms with Crippen LogP contribution in [-0.4, -0.2) is 82.6 Å². The number of aromatic nitrogens is 9. The summed E-state index contributed by atoms with van der Waals surface area (Å²) in [6, 6.07) is 0.786. The molecule has 3 aromatic rings. The van der Waals surface area contributed by atoms with Crippen LogP contribution in [0.25, 0.3) is 0 Å². The van der Waals surface area contributed by atoms with Crippen LogP contribution in [0.5, 0.6) is 0 Å². The SMILES string of the molecule is CC(C)Nc1nc(Cl)nc(NC(C)C)n1.CCNc1nc(Cl)nc(NC(C)C)n1.CCNc1nc(Cl)nc(NCC)n1. The van der Waals surface area contributed by atoms with Crippen LogP contribution in [0.2, 0.25) is 15.9 Å². The number of nitrogens with one attached hydrogen (secondary N) is 6. The topological polar surface area (TPSA) is 188 Å². The highest BCUT2D eigenvalue weighted by Gasteiger charge is 2.07. The zero-order valence-corrected chi connectivity index (χ0v) is 27.8. The van der Waals surface area contributed by atoms with Gasteiger partial charge in [-0.1, -0.05) is 0 Å². The maximum Gasteiger partial charge on any atom is 0.228 e. The molecule has 0 aliphatic rings. The summed E-state index contributed by atoms with van der Waals surface area (Å²) >= 11 is 17.2. The molecule has 15 nitrogen and oxygen atoms in total. The molecule has 0 saturated carbocycles. The number of anilines is 6. The molecular weight excluding hydrogens is 605 g/mol. The van der Waals surface area contributed by atoms with Crippen LogP contribution >= 0.6 is 34.8 Å². The van der Waals surface area contributed by atoms with E-state index in [1.54, 1.807) is 0 Å². The first-order valence-electron chi connectivity index (χ1n) is 13.6. The largest absolute Gasteiger partial charge is 0.354 e. The molecule has 0 radical (unpaired) electrons. The normalized spacial score (nSPS) is 10.4. The summed E-state index contributed by atoms with van der Waals surface area (Å²) in [5.74, 6) is 2.98. The van der Waals surface area contributed by atoms with Crippen molar-refractivity contribution in [1.82, 2.24) is 44.9 Å². The van der Waals surface area contributed by atoms with E-state index < -0.39 is 0 Å². The highest BCUT2D eigenvalue weighted by atomic mass is 35.5. The third-order valence-electron chi connectivity index (χ3n) is 4.08. The minimum Gasteiger partial charge on any atom is -0.354 e. The molecule has 0 atom stereocenters. The van der Waals surface area contributed by atoms with Crippen LogP contribution in [0.15, 0.2) is 0 Å². The highest BCUT2D eigenvalue weighted by molar-refractivity contribution is 6.29. The van der Waals surface area contributed by atoms with Crippen LogP contribution in [0.4, 0.5) is 35.7 Å². The molecule has 0 spiro atoms. The molecule has 3 aromatic heterocycles. The van der Waals surface area contributed by atoms with Crippen molar-refractivity contribution in [3.63, 3.8) is 0 Å². The van der Waals surface area contributed by atoms with E-state index in [1.165, 1.54) is 0 Å². The van der Waals surface area contributed by atoms with Crippen LogP contribution in [0.3, 0.4) is 0 Å². The molecular formula is C24H42Cl3N15. The molecule has 42 heavy (non-hydrogen) atoms. The molecule has 234 valence electrons. The zero-order valence-electron chi connectivity index (χ0n) is 25.5. The maximum atomic E-state index is 5.77. The zero-order chi connectivity index (χ0) is 31.7. The fraction of sp³-hybridized carbons (Fsp3) is 0.625. The summed E-state index contributed by atoms with van der Waals surface area (Å²) in [5.41, 5.74) is 0. The molecule has 0 saturated heterocycles. The van der Waals surface area contributed by atoms with Crippen molar-refractivity contribution < 1.29 is 0 Å². The molecule has 6 N–H and O–H groups in total. The quantitative estimate of drug-likeness (QED) is 0.148. The Morgan fingerprint density at radius 1 is 0.405 bits per heavy atom. The van der Waals surface area contributed by atoms with Crippen molar-refractivity contribution in [2.75, 3.05) is 51.5 Å². The Balaban J connectivity index is 0.000000316. The lowest BCUT2D eigenvalue weighted by Gasteiger charge is -2.11. The van der Waals surface area contributed by atoms with E-state index in [2.05, 4.69) is 76.8 Å². The average molecular weight is 647 g/mol. The summed E-state index contributed by atoms with van der Waals surface area (Å²) < 4.78 is 0. The average Bonchev–Trinajstić information content (AvgIpc) is 2.83. The molecule has 18 heteroatoms. The highest BCUT2D eigenvalue weighted by Crippen LogP contribution is 2.12. The Hall–Kier alpha value is -3.30. The Labute approximate surface area is 262 Å². The summed E-state index contributed by atoms with van der Waals surface area (Å²) in [6.45, 7) is 20.2. The second-order valence-corrected chi connectivity index (χ2v) is 10.3. The molecule has 0 aromatic carbocycles. The van der Waals surface area contributed by atoms with Crippen molar-refractivity contribution in [2.24, 2.45) is 0 Å². The van der Waals surface area contributed by atoms with Crippen molar-refractivity contribution in [3.05, 3.63) is 15.9 Å². The van der Waals surface area contributed by atoms with Gasteiger partial charge in [0.25, 0.3) is 0 Å². The van der Waals surface area contributed by atoms with Gasteiger partial charge in [0, 0.05) is 37.8 Å². The number of hydrogen-bond donors (Lipinski definition) is 6. The predicted octanol–water partition coefficient (Wildman–Crippen LogP) is 5.33. The van der Waals surface area contributed by atoms with Gasteiger partial charge in [0.1, 0.15) is 0 Å². The van der Waals surface area contributed by atoms with Gasteiger partial charge in [-0.05, 0) is 97.1 Å². The Morgan fingerprint density at radius 2 is 0.619 bits per heavy atom. The summed E-state index contributed by atoms with van der Waals surface area (Å²) in [4.78, 5) is 36.0. The first kappa shape index (κ1) is 36.7. The Morgan fingerprint density at radius 3 is 0.857 bits per heavy atom. The molecule has 0 aliphatic heterocycles. The molecule has 0 unspecified atom stereocenters. The van der Waals surface area contributed by atoms with Crippen molar-refractivity contribution in [3.8, 4) is 0 Å². The molecule has 3 heterocycles. The monoisotopic (exact) mass is 645 g/mol. The lowest BCUT2D eigenvalue weighted by Crippen LogP contribution is -2.17. The van der Waals surface area contributed by atoms with Gasteiger partial charge >= 0.3 is 0 Å². The minimum atomic E-state index is 0.191. The summed E-state index contributed by atoms with van der Waals surface area (Å²) in [7, 11) is 0. The lowest BCUT2D eigenvalue weighted by molar-refractivity contribution is 0.845. The summed E-state index contributed by atoms with van der Waals surface area (Å²) in [5, 5.41) is 18.7. The number of nitrogens with zero attached hydrogens (tertiary/aromatic N) is 9. The molecule has 0 amide bonds. The molecule has 0 fully saturated rings. The molecule has 0 bridgehead atoms. The van der Waals surface area contributed by atoms with E-state index in [9.17, 15) is 0 Å². The summed E-state index contributed by atoms with van der Waals surface area (Å²) in [6.07, 6.45) is 0. The van der Waals surface area contributed by atoms with E-state index in [0.29, 0.717) is 35.7 Å². The maximum absolute atomic E-state index is 5.77. The first-order chi connectivity index (χ1) is 19.8. The van der Waals surface area contributed by atoms with Crippen molar-refractivity contribution in [1.29, 1.82) is 0 Å². The molecule has 3 rings (SSSR count). The van der Waals surface area contributed by atoms with E-state index >= 15 is 0 Å². The van der Waals surface area contributed by atoms with Crippen LogP contribution in [-0.2, 0) is 0 Å². The predicted molar refractivity (Wildman–Crippen MR) is 173 cm³/mol. The van der Waals surface area contributed by atoms with Gasteiger partial charge in [-0.25, -0.2) is 0 Å². The van der Waals surface area contributed by atoms with E-state index in [0.717, 1.165) is 19.6 Å². The van der Waals surface area contributed by atoms with Crippen molar-refractivity contribution >= 4 is 70.5 Å². The third-order valence-corrected chi connectivity index (χ3v) is 4.59. The van der Waals surface area contributed by atoms with Crippen LogP contribution in [0, 0.1) is 0 Å².